The van der Waals surface area contributed by atoms with Gasteiger partial charge in [0.25, 0.3) is 0 Å². The summed E-state index contributed by atoms with van der Waals surface area (Å²) in [5.74, 6) is 0. The van der Waals surface area contributed by atoms with Gasteiger partial charge in [0, 0.05) is 18.8 Å². The number of hydrogen-bond acceptors (Lipinski definition) is 4. The average molecular weight is 219 g/mol. The Labute approximate surface area is 95.9 Å². The van der Waals surface area contributed by atoms with Crippen LogP contribution in [0.1, 0.15) is 29.8 Å². The van der Waals surface area contributed by atoms with E-state index in [0.717, 1.165) is 36.5 Å². The average Bonchev–Trinajstić information content (AvgIpc) is 2.24. The lowest BCUT2D eigenvalue weighted by Crippen LogP contribution is -2.06. The predicted octanol–water partition coefficient (Wildman–Crippen LogP) is 1.75. The van der Waals surface area contributed by atoms with E-state index in [0.29, 0.717) is 5.56 Å². The number of nitrogens with one attached hydrogen (secondary N) is 1. The minimum Gasteiger partial charge on any atom is -0.396 e. The molecule has 1 rings (SSSR count). The van der Waals surface area contributed by atoms with E-state index < -0.39 is 0 Å². The summed E-state index contributed by atoms with van der Waals surface area (Å²) in [6.45, 7) is 4.72. The first-order valence-corrected chi connectivity index (χ1v) is 5.42. The van der Waals surface area contributed by atoms with Gasteiger partial charge in [-0.1, -0.05) is 0 Å². The standard InChI is InChI=1S/C12H17N3O/c1-9-7-12(14-5-3-4-6-16)11(8-13)10(2)15-9/h7,16H,3-6H2,1-2H3,(H,14,15). The Balaban J connectivity index is 2.75. The number of aliphatic hydroxyl groups excluding tert-OH is 1. The number of aliphatic hydroxyl groups is 1. The highest BCUT2D eigenvalue weighted by molar-refractivity contribution is 5.59. The highest BCUT2D eigenvalue weighted by Gasteiger charge is 2.06. The van der Waals surface area contributed by atoms with E-state index in [1.54, 1.807) is 0 Å². The lowest BCUT2D eigenvalue weighted by Gasteiger charge is -2.10. The summed E-state index contributed by atoms with van der Waals surface area (Å²) in [4.78, 5) is 4.25. The Bertz CT molecular complexity index is 396. The second-order valence-corrected chi connectivity index (χ2v) is 3.74. The van der Waals surface area contributed by atoms with Gasteiger partial charge in [-0.2, -0.15) is 5.26 Å². The molecule has 1 heterocycles. The molecule has 0 atom stereocenters. The van der Waals surface area contributed by atoms with E-state index >= 15 is 0 Å². The maximum Gasteiger partial charge on any atom is 0.103 e. The summed E-state index contributed by atoms with van der Waals surface area (Å²) < 4.78 is 0. The van der Waals surface area contributed by atoms with Crippen LogP contribution in [0.15, 0.2) is 6.07 Å². The Kier molecular flexibility index (Phi) is 4.74. The largest absolute Gasteiger partial charge is 0.396 e. The van der Waals surface area contributed by atoms with Crippen LogP contribution in [0.25, 0.3) is 0 Å². The summed E-state index contributed by atoms with van der Waals surface area (Å²) in [6.07, 6.45) is 1.67. The van der Waals surface area contributed by atoms with Crippen molar-refractivity contribution in [3.63, 3.8) is 0 Å². The molecule has 0 aliphatic rings. The third-order valence-corrected chi connectivity index (χ3v) is 2.34. The van der Waals surface area contributed by atoms with E-state index in [1.807, 2.05) is 19.9 Å². The molecule has 86 valence electrons. The quantitative estimate of drug-likeness (QED) is 0.740. The van der Waals surface area contributed by atoms with Crippen molar-refractivity contribution in [3.05, 3.63) is 23.0 Å². The molecule has 0 saturated carbocycles. The molecule has 0 amide bonds. The molecule has 0 unspecified atom stereocenters. The predicted molar refractivity (Wildman–Crippen MR) is 63.2 cm³/mol. The van der Waals surface area contributed by atoms with Gasteiger partial charge >= 0.3 is 0 Å². The van der Waals surface area contributed by atoms with Crippen LogP contribution in [-0.2, 0) is 0 Å². The van der Waals surface area contributed by atoms with Crippen molar-refractivity contribution in [2.45, 2.75) is 26.7 Å². The Hall–Kier alpha value is -1.60. The Morgan fingerprint density at radius 2 is 2.19 bits per heavy atom. The number of aryl methyl sites for hydroxylation is 2. The number of nitriles is 1. The smallest absolute Gasteiger partial charge is 0.103 e. The summed E-state index contributed by atoms with van der Waals surface area (Å²) in [5.41, 5.74) is 3.10. The second kappa shape index (κ2) is 6.09. The molecule has 2 N–H and O–H groups in total. The molecule has 4 nitrogen and oxygen atoms in total. The zero-order valence-electron chi connectivity index (χ0n) is 9.75. The molecular weight excluding hydrogens is 202 g/mol. The zero-order valence-corrected chi connectivity index (χ0v) is 9.75. The number of pyridine rings is 1. The molecule has 0 saturated heterocycles. The van der Waals surface area contributed by atoms with Crippen LogP contribution in [0.5, 0.6) is 0 Å². The lowest BCUT2D eigenvalue weighted by atomic mass is 10.1. The van der Waals surface area contributed by atoms with Crippen LogP contribution < -0.4 is 5.32 Å². The third kappa shape index (κ3) is 3.21. The van der Waals surface area contributed by atoms with Crippen molar-refractivity contribution in [1.29, 1.82) is 5.26 Å². The molecule has 0 radical (unpaired) electrons. The fraction of sp³-hybridized carbons (Fsp3) is 0.500. The van der Waals surface area contributed by atoms with Crippen molar-refractivity contribution in [1.82, 2.24) is 4.98 Å². The lowest BCUT2D eigenvalue weighted by molar-refractivity contribution is 0.286. The van der Waals surface area contributed by atoms with Crippen LogP contribution in [0.4, 0.5) is 5.69 Å². The summed E-state index contributed by atoms with van der Waals surface area (Å²) in [6, 6.07) is 4.04. The maximum atomic E-state index is 9.02. The Morgan fingerprint density at radius 1 is 1.44 bits per heavy atom. The molecule has 4 heteroatoms. The highest BCUT2D eigenvalue weighted by atomic mass is 16.2. The van der Waals surface area contributed by atoms with Crippen molar-refractivity contribution in [3.8, 4) is 6.07 Å². The first-order chi connectivity index (χ1) is 7.69. The minimum absolute atomic E-state index is 0.210. The maximum absolute atomic E-state index is 9.02. The van der Waals surface area contributed by atoms with Gasteiger partial charge in [0.1, 0.15) is 6.07 Å². The van der Waals surface area contributed by atoms with Crippen LogP contribution in [-0.4, -0.2) is 23.2 Å². The number of hydrogen-bond donors (Lipinski definition) is 2. The van der Waals surface area contributed by atoms with Crippen LogP contribution in [0.2, 0.25) is 0 Å². The monoisotopic (exact) mass is 219 g/mol. The molecule has 0 bridgehead atoms. The van der Waals surface area contributed by atoms with Crippen molar-refractivity contribution < 1.29 is 5.11 Å². The number of rotatable bonds is 5. The van der Waals surface area contributed by atoms with E-state index in [9.17, 15) is 0 Å². The molecule has 0 aliphatic heterocycles. The van der Waals surface area contributed by atoms with E-state index in [4.69, 9.17) is 10.4 Å². The Morgan fingerprint density at radius 3 is 2.81 bits per heavy atom. The van der Waals surface area contributed by atoms with Gasteiger partial charge in [0.15, 0.2) is 0 Å². The third-order valence-electron chi connectivity index (χ3n) is 2.34. The fourth-order valence-corrected chi connectivity index (χ4v) is 1.57. The second-order valence-electron chi connectivity index (χ2n) is 3.74. The van der Waals surface area contributed by atoms with Crippen LogP contribution in [0.3, 0.4) is 0 Å². The van der Waals surface area contributed by atoms with Crippen molar-refractivity contribution in [2.75, 3.05) is 18.5 Å². The topological polar surface area (TPSA) is 68.9 Å². The highest BCUT2D eigenvalue weighted by Crippen LogP contribution is 2.18. The van der Waals surface area contributed by atoms with Gasteiger partial charge < -0.3 is 10.4 Å². The number of nitrogens with zero attached hydrogens (tertiary/aromatic N) is 2. The van der Waals surface area contributed by atoms with Gasteiger partial charge in [-0.25, -0.2) is 0 Å². The van der Waals surface area contributed by atoms with E-state index in [2.05, 4.69) is 16.4 Å². The molecule has 16 heavy (non-hydrogen) atoms. The molecule has 0 aliphatic carbocycles. The molecule has 0 fully saturated rings. The normalized spacial score (nSPS) is 9.88. The van der Waals surface area contributed by atoms with Gasteiger partial charge in [0.05, 0.1) is 16.9 Å². The van der Waals surface area contributed by atoms with E-state index in [1.165, 1.54) is 0 Å². The summed E-state index contributed by atoms with van der Waals surface area (Å²) in [7, 11) is 0. The van der Waals surface area contributed by atoms with Crippen LogP contribution in [0, 0.1) is 25.2 Å². The number of unbranched alkanes of at least 4 members (excludes halogenated alkanes) is 1. The summed E-state index contributed by atoms with van der Waals surface area (Å²) in [5, 5.41) is 20.9. The minimum atomic E-state index is 0.210. The van der Waals surface area contributed by atoms with E-state index in [-0.39, 0.29) is 6.61 Å². The van der Waals surface area contributed by atoms with Gasteiger partial charge in [-0.3, -0.25) is 4.98 Å². The van der Waals surface area contributed by atoms with Gasteiger partial charge in [0.2, 0.25) is 0 Å². The van der Waals surface area contributed by atoms with Crippen LogP contribution >= 0.6 is 0 Å². The van der Waals surface area contributed by atoms with Gasteiger partial charge in [-0.15, -0.1) is 0 Å². The molecule has 0 aromatic carbocycles. The SMILES string of the molecule is Cc1cc(NCCCCO)c(C#N)c(C)n1. The number of anilines is 1. The van der Waals surface area contributed by atoms with Crippen molar-refractivity contribution >= 4 is 5.69 Å². The fourth-order valence-electron chi connectivity index (χ4n) is 1.57. The molecule has 1 aromatic heterocycles. The molecule has 0 spiro atoms. The summed E-state index contributed by atoms with van der Waals surface area (Å²) >= 11 is 0. The molecular formula is C12H17N3O. The van der Waals surface area contributed by atoms with Crippen molar-refractivity contribution in [2.24, 2.45) is 0 Å². The van der Waals surface area contributed by atoms with Gasteiger partial charge in [-0.05, 0) is 32.8 Å². The molecule has 1 aromatic rings. The number of aromatic nitrogens is 1. The first kappa shape index (κ1) is 12.5. The first-order valence-electron chi connectivity index (χ1n) is 5.42. The zero-order chi connectivity index (χ0) is 12.0.